The van der Waals surface area contributed by atoms with Gasteiger partial charge < -0.3 is 20.1 Å². The fraction of sp³-hybridized carbons (Fsp3) is 0.632. The van der Waals surface area contributed by atoms with E-state index < -0.39 is 0 Å². The largest absolute Gasteiger partial charge is 0.494 e. The van der Waals surface area contributed by atoms with Crippen LogP contribution in [0.1, 0.15) is 39.2 Å². The molecule has 1 rings (SSSR count). The van der Waals surface area contributed by atoms with E-state index in [0.29, 0.717) is 6.54 Å². The third-order valence-electron chi connectivity index (χ3n) is 3.85. The monoisotopic (exact) mass is 335 g/mol. The Bertz CT molecular complexity index is 484. The molecule has 0 amide bonds. The van der Waals surface area contributed by atoms with Crippen molar-refractivity contribution < 1.29 is 9.47 Å². The lowest BCUT2D eigenvalue weighted by molar-refractivity contribution is 0.0268. The fourth-order valence-corrected chi connectivity index (χ4v) is 2.00. The third-order valence-corrected chi connectivity index (χ3v) is 3.85. The first-order valence-corrected chi connectivity index (χ1v) is 8.72. The van der Waals surface area contributed by atoms with E-state index in [0.717, 1.165) is 44.1 Å². The second kappa shape index (κ2) is 10.9. The van der Waals surface area contributed by atoms with Crippen molar-refractivity contribution in [2.45, 2.75) is 45.6 Å². The molecule has 0 heterocycles. The Balaban J connectivity index is 2.32. The van der Waals surface area contributed by atoms with E-state index in [9.17, 15) is 0 Å². The Labute approximate surface area is 146 Å². The summed E-state index contributed by atoms with van der Waals surface area (Å²) in [7, 11) is 3.49. The Morgan fingerprint density at radius 3 is 2.46 bits per heavy atom. The number of nitrogens with one attached hydrogen (secondary N) is 2. The van der Waals surface area contributed by atoms with Crippen LogP contribution in [-0.2, 0) is 11.2 Å². The minimum Gasteiger partial charge on any atom is -0.494 e. The van der Waals surface area contributed by atoms with Gasteiger partial charge in [0, 0.05) is 27.2 Å². The smallest absolute Gasteiger partial charge is 0.191 e. The number of benzene rings is 1. The maximum atomic E-state index is 5.68. The van der Waals surface area contributed by atoms with Gasteiger partial charge in [-0.3, -0.25) is 4.99 Å². The molecule has 0 aromatic heterocycles. The first-order chi connectivity index (χ1) is 11.5. The highest BCUT2D eigenvalue weighted by Gasteiger charge is 2.16. The lowest BCUT2D eigenvalue weighted by Gasteiger charge is -2.24. The molecule has 5 nitrogen and oxygen atoms in total. The predicted molar refractivity (Wildman–Crippen MR) is 101 cm³/mol. The zero-order valence-electron chi connectivity index (χ0n) is 15.8. The van der Waals surface area contributed by atoms with Gasteiger partial charge in [-0.25, -0.2) is 0 Å². The zero-order chi connectivity index (χ0) is 17.8. The van der Waals surface area contributed by atoms with Gasteiger partial charge in [0.25, 0.3) is 0 Å². The van der Waals surface area contributed by atoms with Crippen molar-refractivity contribution in [2.24, 2.45) is 4.99 Å². The number of guanidine groups is 1. The molecule has 0 aliphatic heterocycles. The number of methoxy groups -OCH3 is 1. The number of nitrogens with zero attached hydrogens (tertiary/aromatic N) is 1. The lowest BCUT2D eigenvalue weighted by atomic mass is 10.1. The van der Waals surface area contributed by atoms with Crippen LogP contribution in [0.2, 0.25) is 0 Å². The van der Waals surface area contributed by atoms with Crippen LogP contribution < -0.4 is 15.4 Å². The molecule has 0 aliphatic carbocycles. The summed E-state index contributed by atoms with van der Waals surface area (Å²) in [5.74, 6) is 1.74. The van der Waals surface area contributed by atoms with Gasteiger partial charge >= 0.3 is 0 Å². The summed E-state index contributed by atoms with van der Waals surface area (Å²) in [6.07, 6.45) is 3.18. The summed E-state index contributed by atoms with van der Waals surface area (Å²) in [6.45, 7) is 8.56. The molecule has 0 aliphatic rings. The molecular weight excluding hydrogens is 302 g/mol. The fourth-order valence-electron chi connectivity index (χ4n) is 2.00. The SMILES string of the molecule is CCCCOc1ccc(CCNC(=NC)NCC(C)(C)OC)cc1. The van der Waals surface area contributed by atoms with Crippen molar-refractivity contribution in [3.8, 4) is 5.75 Å². The van der Waals surface area contributed by atoms with Crippen LogP contribution in [-0.4, -0.2) is 45.4 Å². The molecule has 0 spiro atoms. The van der Waals surface area contributed by atoms with E-state index in [-0.39, 0.29) is 5.60 Å². The molecule has 0 radical (unpaired) electrons. The summed E-state index contributed by atoms with van der Waals surface area (Å²) in [6, 6.07) is 8.32. The molecule has 0 saturated heterocycles. The summed E-state index contributed by atoms with van der Waals surface area (Å²) in [5.41, 5.74) is 1.06. The highest BCUT2D eigenvalue weighted by molar-refractivity contribution is 5.79. The molecule has 1 aromatic carbocycles. The van der Waals surface area contributed by atoms with Gasteiger partial charge in [0.2, 0.25) is 0 Å². The molecular formula is C19H33N3O2. The van der Waals surface area contributed by atoms with Crippen molar-refractivity contribution in [1.29, 1.82) is 0 Å². The topological polar surface area (TPSA) is 54.9 Å². The first kappa shape index (κ1) is 20.3. The second-order valence-corrected chi connectivity index (χ2v) is 6.41. The number of ether oxygens (including phenoxy) is 2. The van der Waals surface area contributed by atoms with E-state index in [1.165, 1.54) is 5.56 Å². The van der Waals surface area contributed by atoms with Crippen LogP contribution in [0, 0.1) is 0 Å². The van der Waals surface area contributed by atoms with E-state index >= 15 is 0 Å². The highest BCUT2D eigenvalue weighted by Crippen LogP contribution is 2.13. The van der Waals surface area contributed by atoms with Gasteiger partial charge in [0.05, 0.1) is 12.2 Å². The van der Waals surface area contributed by atoms with Crippen LogP contribution in [0.25, 0.3) is 0 Å². The third kappa shape index (κ3) is 8.20. The Kier molecular flexibility index (Phi) is 9.23. The van der Waals surface area contributed by atoms with E-state index in [1.807, 2.05) is 26.0 Å². The van der Waals surface area contributed by atoms with Gasteiger partial charge in [-0.15, -0.1) is 0 Å². The highest BCUT2D eigenvalue weighted by atomic mass is 16.5. The molecule has 5 heteroatoms. The van der Waals surface area contributed by atoms with Crippen LogP contribution in [0.15, 0.2) is 29.3 Å². The molecule has 2 N–H and O–H groups in total. The van der Waals surface area contributed by atoms with Crippen molar-refractivity contribution in [3.63, 3.8) is 0 Å². The van der Waals surface area contributed by atoms with Crippen molar-refractivity contribution in [1.82, 2.24) is 10.6 Å². The van der Waals surface area contributed by atoms with Crippen LogP contribution in [0.5, 0.6) is 5.75 Å². The Morgan fingerprint density at radius 2 is 1.88 bits per heavy atom. The van der Waals surface area contributed by atoms with Gasteiger partial charge in [-0.05, 0) is 44.4 Å². The summed E-state index contributed by atoms with van der Waals surface area (Å²) in [4.78, 5) is 4.23. The summed E-state index contributed by atoms with van der Waals surface area (Å²) >= 11 is 0. The maximum Gasteiger partial charge on any atom is 0.191 e. The number of unbranched alkanes of at least 4 members (excludes halogenated alkanes) is 1. The maximum absolute atomic E-state index is 5.68. The van der Waals surface area contributed by atoms with Gasteiger partial charge in [0.15, 0.2) is 5.96 Å². The first-order valence-electron chi connectivity index (χ1n) is 8.72. The summed E-state index contributed by atoms with van der Waals surface area (Å²) in [5, 5.41) is 6.60. The predicted octanol–water partition coefficient (Wildman–Crippen LogP) is 3.00. The number of aliphatic imine (C=N–C) groups is 1. The standard InChI is InChI=1S/C19H33N3O2/c1-6-7-14-24-17-10-8-16(9-11-17)12-13-21-18(20-4)22-15-19(2,3)23-5/h8-11H,6-7,12-15H2,1-5H3,(H2,20,21,22). The van der Waals surface area contributed by atoms with Crippen LogP contribution in [0.4, 0.5) is 0 Å². The average molecular weight is 335 g/mol. The number of hydrogen-bond donors (Lipinski definition) is 2. The molecule has 136 valence electrons. The number of hydrogen-bond acceptors (Lipinski definition) is 3. The van der Waals surface area contributed by atoms with Gasteiger partial charge in [-0.1, -0.05) is 25.5 Å². The Hall–Kier alpha value is -1.75. The Morgan fingerprint density at radius 1 is 1.17 bits per heavy atom. The molecule has 0 fully saturated rings. The van der Waals surface area contributed by atoms with Crippen molar-refractivity contribution in [2.75, 3.05) is 33.9 Å². The minimum atomic E-state index is -0.217. The van der Waals surface area contributed by atoms with Crippen LogP contribution in [0.3, 0.4) is 0 Å². The van der Waals surface area contributed by atoms with Crippen LogP contribution >= 0.6 is 0 Å². The van der Waals surface area contributed by atoms with Crippen molar-refractivity contribution in [3.05, 3.63) is 29.8 Å². The summed E-state index contributed by atoms with van der Waals surface area (Å²) < 4.78 is 11.1. The lowest BCUT2D eigenvalue weighted by Crippen LogP contribution is -2.45. The van der Waals surface area contributed by atoms with Crippen molar-refractivity contribution >= 4 is 5.96 Å². The van der Waals surface area contributed by atoms with E-state index in [4.69, 9.17) is 9.47 Å². The van der Waals surface area contributed by atoms with Gasteiger partial charge in [0.1, 0.15) is 5.75 Å². The quantitative estimate of drug-likeness (QED) is 0.392. The number of rotatable bonds is 10. The molecule has 0 bridgehead atoms. The van der Waals surface area contributed by atoms with E-state index in [1.54, 1.807) is 14.2 Å². The second-order valence-electron chi connectivity index (χ2n) is 6.41. The van der Waals surface area contributed by atoms with E-state index in [2.05, 4.69) is 34.7 Å². The molecule has 0 atom stereocenters. The minimum absolute atomic E-state index is 0.217. The molecule has 0 unspecified atom stereocenters. The molecule has 24 heavy (non-hydrogen) atoms. The molecule has 1 aromatic rings. The van der Waals surface area contributed by atoms with Gasteiger partial charge in [-0.2, -0.15) is 0 Å². The normalized spacial score (nSPS) is 12.1. The molecule has 0 saturated carbocycles. The zero-order valence-corrected chi connectivity index (χ0v) is 15.8. The average Bonchev–Trinajstić information content (AvgIpc) is 2.59.